The molecule has 0 radical (unpaired) electrons. The lowest BCUT2D eigenvalue weighted by atomic mass is 9.93. The van der Waals surface area contributed by atoms with Crippen LogP contribution in [0, 0.1) is 53.4 Å². The van der Waals surface area contributed by atoms with Crippen molar-refractivity contribution >= 4 is 79.9 Å². The van der Waals surface area contributed by atoms with Crippen LogP contribution in [0.3, 0.4) is 0 Å². The molecule has 602 valence electrons. The maximum absolute atomic E-state index is 13.2. The number of piperidine rings is 3. The van der Waals surface area contributed by atoms with Crippen molar-refractivity contribution in [2.24, 2.45) is 17.3 Å². The van der Waals surface area contributed by atoms with Gasteiger partial charge < -0.3 is 50.8 Å². The van der Waals surface area contributed by atoms with E-state index in [4.69, 9.17) is 69.6 Å². The molecule has 3 saturated heterocycles. The average molecular weight is 1610 g/mol. The van der Waals surface area contributed by atoms with E-state index in [1.54, 1.807) is 34.0 Å². The van der Waals surface area contributed by atoms with E-state index in [0.717, 1.165) is 98.0 Å². The molecular weight excluding hydrogens is 1520 g/mol. The van der Waals surface area contributed by atoms with E-state index in [9.17, 15) is 24.9 Å². The van der Waals surface area contributed by atoms with Gasteiger partial charge in [-0.2, -0.15) is 25.8 Å². The molecule has 28 nitrogen and oxygen atoms in total. The van der Waals surface area contributed by atoms with Crippen LogP contribution >= 0.6 is 11.6 Å². The number of nitrogens with zero attached hydrogens (tertiary/aromatic N) is 18. The average Bonchev–Trinajstić information content (AvgIpc) is 1.62. The van der Waals surface area contributed by atoms with Crippen LogP contribution in [-0.2, 0) is 14.4 Å². The number of rotatable bonds is 18. The molecule has 29 heteroatoms. The lowest BCUT2D eigenvalue weighted by molar-refractivity contribution is -0.129. The minimum Gasteiger partial charge on any atom is -0.493 e. The monoisotopic (exact) mass is 1610 g/mol. The van der Waals surface area contributed by atoms with Gasteiger partial charge in [-0.05, 0) is 197 Å². The Morgan fingerprint density at radius 1 is 0.496 bits per heavy atom. The predicted octanol–water partition coefficient (Wildman–Crippen LogP) is 16.6. The second-order valence-electron chi connectivity index (χ2n) is 31.2. The largest absolute Gasteiger partial charge is 0.493 e. The summed E-state index contributed by atoms with van der Waals surface area (Å²) in [5.41, 5.74) is 26.6. The van der Waals surface area contributed by atoms with Crippen molar-refractivity contribution in [2.75, 3.05) is 63.6 Å². The third kappa shape index (κ3) is 18.3. The number of amides is 3. The first-order valence-electron chi connectivity index (χ1n) is 39.7. The van der Waals surface area contributed by atoms with Gasteiger partial charge in [0.1, 0.15) is 106 Å². The number of nitriles is 2. The highest BCUT2D eigenvalue weighted by molar-refractivity contribution is 6.31. The molecule has 5 fully saturated rings. The summed E-state index contributed by atoms with van der Waals surface area (Å²) < 4.78 is 29.2. The van der Waals surface area contributed by atoms with Gasteiger partial charge in [-0.25, -0.2) is 48.8 Å². The number of aromatic nitrogens is 12. The Bertz CT molecular complexity index is 6030. The van der Waals surface area contributed by atoms with Gasteiger partial charge in [0.2, 0.25) is 5.70 Å². The van der Waals surface area contributed by atoms with Crippen molar-refractivity contribution in [1.29, 1.82) is 10.5 Å². The number of ether oxygens (including phenoxy) is 4. The highest BCUT2D eigenvalue weighted by atomic mass is 35.5. The van der Waals surface area contributed by atoms with Gasteiger partial charge in [0, 0.05) is 61.0 Å². The molecule has 3 aliphatic heterocycles. The zero-order valence-corrected chi connectivity index (χ0v) is 67.3. The molecule has 0 bridgehead atoms. The molecule has 0 spiro atoms. The van der Waals surface area contributed by atoms with Crippen LogP contribution in [0.5, 0.6) is 40.2 Å². The summed E-state index contributed by atoms with van der Waals surface area (Å²) in [5, 5.41) is 36.7. The third-order valence-corrected chi connectivity index (χ3v) is 21.7. The number of halogens is 1. The number of nitrogens with two attached hydrogens (primary N) is 3. The quantitative estimate of drug-likeness (QED) is 0.0408. The predicted molar refractivity (Wildman–Crippen MR) is 453 cm³/mol. The molecule has 9 heterocycles. The zero-order valence-electron chi connectivity index (χ0n) is 66.5. The summed E-state index contributed by atoms with van der Waals surface area (Å²) in [7, 11) is 1.57. The van der Waals surface area contributed by atoms with Gasteiger partial charge in [-0.15, -0.1) is 0 Å². The van der Waals surface area contributed by atoms with Gasteiger partial charge in [0.15, 0.2) is 28.4 Å². The number of carbonyl (C=O) groups is 3. The molecule has 6 aromatic heterocycles. The standard InChI is InChI=1S/C31H30ClN7O3.C30H31N7O2.C29H27N7O2/c1-18-6-10-22(15-23(18)32)42-25-11-9-20(14-26(25)41-3)28-27-29(33)35-17-36-30(27)39(37-28)21-5-4-12-38(16-21)31(40)24(34-2)13-19-7-8-19;1-30(2,3)16-21(17-31)29(38)36-15-7-8-22(18-36)37-28-25(27(32)33-19-34-28)26(35-37)20-11-13-24(14-12-20)39-23-9-5-4-6-10-23;30-16-21(15-19-8-9-19)29(37)35-14-4-5-22(17-35)36-28-25(27(31)32-18-33-28)26(34-36)20-10-12-24(13-11-20)38-23-6-2-1-3-7-23/h6,9-11,13-15,17,19,21H,4-5,7-8,12,16H2,1,3H3,(H2,33,35,36);4-6,9-14,16,19,22H,7-8,15,18H2,1-3H3,(H2,32,33,34);1-3,6-7,10-13,15,18-19,22H,4-5,8-9,14,17H2,(H2,31,32,33)/b24-13-;21-16+;21-15-. The van der Waals surface area contributed by atoms with Gasteiger partial charge >= 0.3 is 0 Å². The molecule has 3 atom stereocenters. The summed E-state index contributed by atoms with van der Waals surface area (Å²) in [6.07, 6.45) is 18.7. The summed E-state index contributed by atoms with van der Waals surface area (Å²) in [6.45, 7) is 18.5. The smallest absolute Gasteiger partial charge is 0.264 e. The van der Waals surface area contributed by atoms with E-state index in [-0.39, 0.29) is 58.1 Å². The lowest BCUT2D eigenvalue weighted by Gasteiger charge is -2.33. The Kier molecular flexibility index (Phi) is 23.7. The van der Waals surface area contributed by atoms with E-state index in [1.807, 2.05) is 193 Å². The van der Waals surface area contributed by atoms with E-state index in [0.29, 0.717) is 153 Å². The van der Waals surface area contributed by atoms with Crippen molar-refractivity contribution in [1.82, 2.24) is 73.9 Å². The Labute approximate surface area is 692 Å². The summed E-state index contributed by atoms with van der Waals surface area (Å²) >= 11 is 6.28. The fraction of sp³-hybridized carbons (Fsp3) is 0.300. The van der Waals surface area contributed by atoms with Gasteiger partial charge in [-0.1, -0.05) is 93.1 Å². The van der Waals surface area contributed by atoms with Crippen molar-refractivity contribution in [3.05, 3.63) is 222 Å². The van der Waals surface area contributed by atoms with Crippen LogP contribution in [0.15, 0.2) is 200 Å². The van der Waals surface area contributed by atoms with Crippen LogP contribution < -0.4 is 36.1 Å². The molecule has 6 aromatic carbocycles. The van der Waals surface area contributed by atoms with Gasteiger partial charge in [0.25, 0.3) is 17.7 Å². The highest BCUT2D eigenvalue weighted by Gasteiger charge is 2.36. The zero-order chi connectivity index (χ0) is 83.0. The maximum Gasteiger partial charge on any atom is 0.264 e. The molecule has 119 heavy (non-hydrogen) atoms. The van der Waals surface area contributed by atoms with Crippen LogP contribution in [0.1, 0.15) is 109 Å². The summed E-state index contributed by atoms with van der Waals surface area (Å²) in [5.74, 6) is 5.57. The Morgan fingerprint density at radius 3 is 1.31 bits per heavy atom. The minimum absolute atomic E-state index is 0.0974. The number of hydrogen-bond acceptors (Lipinski definition) is 21. The van der Waals surface area contributed by atoms with Crippen LogP contribution in [0.25, 0.3) is 71.7 Å². The molecule has 12 aromatic rings. The topological polar surface area (TPSA) is 359 Å². The molecule has 3 amide bonds. The summed E-state index contributed by atoms with van der Waals surface area (Å²) in [6, 6.07) is 49.4. The second kappa shape index (κ2) is 35.2. The number of methoxy groups -OCH3 is 1. The van der Waals surface area contributed by atoms with E-state index < -0.39 is 0 Å². The Hall–Kier alpha value is -14.0. The fourth-order valence-corrected chi connectivity index (χ4v) is 15.2. The molecule has 6 N–H and O–H groups in total. The number of likely N-dealkylation sites (tertiary alicyclic amines) is 3. The number of nitrogen functional groups attached to an aromatic ring is 3. The number of hydrogen-bond donors (Lipinski definition) is 3. The number of aryl methyl sites for hydroxylation is 1. The normalized spacial score (nSPS) is 17.1. The van der Waals surface area contributed by atoms with Crippen LogP contribution in [0.4, 0.5) is 17.5 Å². The van der Waals surface area contributed by atoms with Crippen molar-refractivity contribution < 1.29 is 33.3 Å². The first kappa shape index (κ1) is 80.2. The molecule has 5 aliphatic rings. The number of fused-ring (bicyclic) bond motifs is 3. The summed E-state index contributed by atoms with van der Waals surface area (Å²) in [4.78, 5) is 74.6. The first-order chi connectivity index (χ1) is 57.7. The highest BCUT2D eigenvalue weighted by Crippen LogP contribution is 2.43. The van der Waals surface area contributed by atoms with E-state index in [1.165, 1.54) is 19.0 Å². The van der Waals surface area contributed by atoms with Crippen molar-refractivity contribution in [2.45, 2.75) is 110 Å². The molecule has 17 rings (SSSR count). The number of carbonyl (C=O) groups excluding carboxylic acids is 3. The van der Waals surface area contributed by atoms with Crippen molar-refractivity contribution in [3.63, 3.8) is 0 Å². The van der Waals surface area contributed by atoms with Crippen LogP contribution in [0.2, 0.25) is 5.02 Å². The number of allylic oxidation sites excluding steroid dienone is 3. The third-order valence-electron chi connectivity index (χ3n) is 21.3. The number of benzene rings is 6. The lowest BCUT2D eigenvalue weighted by Crippen LogP contribution is -2.41. The molecule has 3 unspecified atom stereocenters. The Morgan fingerprint density at radius 2 is 0.899 bits per heavy atom. The molecule has 2 saturated carbocycles. The Balaban J connectivity index is 0.000000140. The molecular formula is C90H88ClN21O7. The van der Waals surface area contributed by atoms with Gasteiger partial charge in [-0.3, -0.25) is 14.4 Å². The van der Waals surface area contributed by atoms with Gasteiger partial charge in [0.05, 0.1) is 48.0 Å². The first-order valence-corrected chi connectivity index (χ1v) is 40.0. The van der Waals surface area contributed by atoms with Crippen LogP contribution in [-0.4, -0.2) is 138 Å². The second-order valence-corrected chi connectivity index (χ2v) is 31.6. The number of anilines is 3. The fourth-order valence-electron chi connectivity index (χ4n) is 15.0. The molecule has 2 aliphatic carbocycles. The SMILES string of the molecule is CC(C)(C)/C=C(\C#N)C(=O)N1CCCC(n2nc(-c3ccc(Oc4ccccc4)cc3)c3c(N)ncnc32)C1.N#C/C(=C/C1CC1)C(=O)N1CCCC(n2nc(-c3ccc(Oc4ccccc4)cc3)c3c(N)ncnc32)C1.[C-]#[N+]/C(=C\C1CC1)C(=O)N1CCCC(n2nc(-c3ccc(Oc4ccc(C)c(Cl)c4)c(OC)c3)c3c(N)ncnc32)C1. The maximum atomic E-state index is 13.2. The number of para-hydroxylation sites is 2. The van der Waals surface area contributed by atoms with Crippen molar-refractivity contribution in [3.8, 4) is 86.2 Å². The minimum atomic E-state index is -0.279. The van der Waals surface area contributed by atoms with E-state index in [2.05, 4.69) is 46.9 Å². The van der Waals surface area contributed by atoms with E-state index >= 15 is 0 Å².